The summed E-state index contributed by atoms with van der Waals surface area (Å²) in [5.41, 5.74) is 0.700. The van der Waals surface area contributed by atoms with Crippen molar-refractivity contribution < 1.29 is 9.90 Å². The number of benzene rings is 1. The van der Waals surface area contributed by atoms with Gasteiger partial charge in [0.2, 0.25) is 0 Å². The van der Waals surface area contributed by atoms with Crippen molar-refractivity contribution in [2.45, 2.75) is 48.1 Å². The maximum absolute atomic E-state index is 13.1. The van der Waals surface area contributed by atoms with Gasteiger partial charge in [0, 0.05) is 23.9 Å². The van der Waals surface area contributed by atoms with Crippen LogP contribution in [0.15, 0.2) is 40.1 Å². The number of carbonyl (C=O) groups is 1. The van der Waals surface area contributed by atoms with E-state index < -0.39 is 5.60 Å². The number of aliphatic hydroxyl groups is 1. The van der Waals surface area contributed by atoms with Gasteiger partial charge in [0.25, 0.3) is 5.91 Å². The van der Waals surface area contributed by atoms with Crippen LogP contribution >= 0.6 is 23.1 Å². The molecule has 0 spiro atoms. The van der Waals surface area contributed by atoms with Gasteiger partial charge in [-0.1, -0.05) is 54.9 Å². The topological polar surface area (TPSA) is 53.4 Å². The van der Waals surface area contributed by atoms with Crippen LogP contribution in [0.25, 0.3) is 0 Å². The van der Waals surface area contributed by atoms with Crippen LogP contribution < -0.4 is 0 Å². The molecule has 1 aliphatic heterocycles. The van der Waals surface area contributed by atoms with Crippen molar-refractivity contribution in [3.8, 4) is 0 Å². The summed E-state index contributed by atoms with van der Waals surface area (Å²) in [6.45, 7) is 0.581. The van der Waals surface area contributed by atoms with Crippen LogP contribution in [0.2, 0.25) is 0 Å². The quantitative estimate of drug-likeness (QED) is 0.802. The van der Waals surface area contributed by atoms with E-state index in [4.69, 9.17) is 0 Å². The molecule has 6 heteroatoms. The molecule has 138 valence electrons. The highest BCUT2D eigenvalue weighted by Gasteiger charge is 2.50. The summed E-state index contributed by atoms with van der Waals surface area (Å²) in [7, 11) is 0. The lowest BCUT2D eigenvalue weighted by Crippen LogP contribution is -2.59. The molecule has 2 aromatic rings. The fourth-order valence-corrected chi connectivity index (χ4v) is 5.85. The Labute approximate surface area is 162 Å². The summed E-state index contributed by atoms with van der Waals surface area (Å²) in [5, 5.41) is 13.5. The van der Waals surface area contributed by atoms with Gasteiger partial charge in [0.1, 0.15) is 10.0 Å². The maximum atomic E-state index is 13.1. The SMILES string of the molecule is CSc1nc(C(=O)N2CCC(O)(c3ccccc3)[C@H]3CCCC[C@H]32)cs1. The van der Waals surface area contributed by atoms with Crippen LogP contribution in [0.5, 0.6) is 0 Å². The van der Waals surface area contributed by atoms with E-state index in [-0.39, 0.29) is 17.9 Å². The molecule has 1 saturated heterocycles. The number of rotatable bonds is 3. The fourth-order valence-electron chi connectivity index (χ4n) is 4.62. The van der Waals surface area contributed by atoms with E-state index in [1.807, 2.05) is 46.9 Å². The van der Waals surface area contributed by atoms with Gasteiger partial charge in [0.05, 0.1) is 5.60 Å². The average molecular weight is 389 g/mol. The lowest BCUT2D eigenvalue weighted by Gasteiger charge is -2.52. The van der Waals surface area contributed by atoms with E-state index in [1.165, 1.54) is 11.3 Å². The molecule has 4 nitrogen and oxygen atoms in total. The fraction of sp³-hybridized carbons (Fsp3) is 0.500. The number of hydrogen-bond donors (Lipinski definition) is 1. The molecular weight excluding hydrogens is 364 g/mol. The minimum atomic E-state index is -0.838. The van der Waals surface area contributed by atoms with Crippen molar-refractivity contribution in [2.75, 3.05) is 12.8 Å². The number of carbonyl (C=O) groups excluding carboxylic acids is 1. The van der Waals surface area contributed by atoms with Gasteiger partial charge < -0.3 is 10.0 Å². The van der Waals surface area contributed by atoms with Gasteiger partial charge in [-0.05, 0) is 31.1 Å². The Balaban J connectivity index is 1.63. The van der Waals surface area contributed by atoms with Crippen LogP contribution in [-0.4, -0.2) is 39.7 Å². The summed E-state index contributed by atoms with van der Waals surface area (Å²) in [4.78, 5) is 19.6. The molecule has 0 radical (unpaired) electrons. The number of likely N-dealkylation sites (tertiary alicyclic amines) is 1. The molecule has 0 bridgehead atoms. The number of piperidine rings is 1. The Morgan fingerprint density at radius 2 is 2.08 bits per heavy atom. The van der Waals surface area contributed by atoms with Gasteiger partial charge >= 0.3 is 0 Å². The smallest absolute Gasteiger partial charge is 0.273 e. The number of thiazole rings is 1. The molecule has 2 aliphatic rings. The Morgan fingerprint density at radius 1 is 1.31 bits per heavy atom. The minimum absolute atomic E-state index is 0.0218. The van der Waals surface area contributed by atoms with Crippen LogP contribution in [0.1, 0.15) is 48.2 Å². The Morgan fingerprint density at radius 3 is 2.81 bits per heavy atom. The molecule has 2 heterocycles. The molecule has 1 N–H and O–H groups in total. The van der Waals surface area contributed by atoms with E-state index in [1.54, 1.807) is 11.8 Å². The predicted octanol–water partition coefficient (Wildman–Crippen LogP) is 4.16. The summed E-state index contributed by atoms with van der Waals surface area (Å²) < 4.78 is 0.923. The lowest BCUT2D eigenvalue weighted by molar-refractivity contribution is -0.110. The van der Waals surface area contributed by atoms with Crippen molar-refractivity contribution in [1.29, 1.82) is 0 Å². The van der Waals surface area contributed by atoms with E-state index >= 15 is 0 Å². The molecule has 1 saturated carbocycles. The first kappa shape index (κ1) is 18.0. The minimum Gasteiger partial charge on any atom is -0.385 e. The molecular formula is C20H24N2O2S2. The van der Waals surface area contributed by atoms with E-state index in [9.17, 15) is 9.90 Å². The highest BCUT2D eigenvalue weighted by molar-refractivity contribution is 8.00. The van der Waals surface area contributed by atoms with E-state index in [2.05, 4.69) is 4.98 Å². The van der Waals surface area contributed by atoms with Gasteiger partial charge in [-0.2, -0.15) is 0 Å². The second kappa shape index (κ2) is 7.33. The van der Waals surface area contributed by atoms with Gasteiger partial charge in [-0.15, -0.1) is 11.3 Å². The zero-order chi connectivity index (χ0) is 18.1. The number of hydrogen-bond acceptors (Lipinski definition) is 5. The molecule has 4 rings (SSSR count). The average Bonchev–Trinajstić information content (AvgIpc) is 3.18. The van der Waals surface area contributed by atoms with E-state index in [0.717, 1.165) is 35.6 Å². The van der Waals surface area contributed by atoms with Gasteiger partial charge in [0.15, 0.2) is 0 Å². The van der Waals surface area contributed by atoms with Crippen molar-refractivity contribution in [3.05, 3.63) is 47.0 Å². The van der Waals surface area contributed by atoms with Gasteiger partial charge in [-0.3, -0.25) is 4.79 Å². The first-order chi connectivity index (χ1) is 12.6. The molecule has 1 amide bonds. The number of nitrogens with zero attached hydrogens (tertiary/aromatic N) is 2. The van der Waals surface area contributed by atoms with Crippen molar-refractivity contribution in [1.82, 2.24) is 9.88 Å². The van der Waals surface area contributed by atoms with Crippen LogP contribution in [0.4, 0.5) is 0 Å². The lowest BCUT2D eigenvalue weighted by atomic mass is 9.66. The number of amides is 1. The summed E-state index contributed by atoms with van der Waals surface area (Å²) in [6.07, 6.45) is 6.72. The normalized spacial score (nSPS) is 28.6. The molecule has 2 fully saturated rings. The molecule has 1 aromatic heterocycles. The Kier molecular flexibility index (Phi) is 5.08. The first-order valence-corrected chi connectivity index (χ1v) is 11.3. The van der Waals surface area contributed by atoms with Crippen LogP contribution in [0.3, 0.4) is 0 Å². The molecule has 1 aliphatic carbocycles. The highest BCUT2D eigenvalue weighted by atomic mass is 32.2. The van der Waals surface area contributed by atoms with Crippen molar-refractivity contribution in [3.63, 3.8) is 0 Å². The Bertz CT molecular complexity index is 779. The van der Waals surface area contributed by atoms with Crippen LogP contribution in [-0.2, 0) is 5.60 Å². The highest BCUT2D eigenvalue weighted by Crippen LogP contribution is 2.47. The summed E-state index contributed by atoms with van der Waals surface area (Å²) >= 11 is 3.09. The van der Waals surface area contributed by atoms with Crippen LogP contribution in [0, 0.1) is 5.92 Å². The molecule has 1 aromatic carbocycles. The largest absolute Gasteiger partial charge is 0.385 e. The molecule has 3 atom stereocenters. The van der Waals surface area contributed by atoms with Crippen molar-refractivity contribution in [2.24, 2.45) is 5.92 Å². The maximum Gasteiger partial charge on any atom is 0.273 e. The second-order valence-electron chi connectivity index (χ2n) is 7.20. The number of thioether (sulfide) groups is 1. The zero-order valence-electron chi connectivity index (χ0n) is 14.9. The number of fused-ring (bicyclic) bond motifs is 1. The third kappa shape index (κ3) is 3.08. The molecule has 1 unspecified atom stereocenters. The Hall–Kier alpha value is -1.37. The summed E-state index contributed by atoms with van der Waals surface area (Å²) in [6, 6.07) is 10.1. The summed E-state index contributed by atoms with van der Waals surface area (Å²) in [5.74, 6) is 0.114. The third-order valence-corrected chi connectivity index (χ3v) is 7.75. The standard InChI is InChI=1S/C20H24N2O2S2/c1-25-19-21-16(13-26-19)18(23)22-12-11-20(24,14-7-3-2-4-8-14)15-9-5-6-10-17(15)22/h2-4,7-8,13,15,17,24H,5-6,9-12H2,1H3/t15-,17+,20?/m0/s1. The van der Waals surface area contributed by atoms with Crippen molar-refractivity contribution >= 4 is 29.0 Å². The zero-order valence-corrected chi connectivity index (χ0v) is 16.6. The second-order valence-corrected chi connectivity index (χ2v) is 9.11. The molecule has 26 heavy (non-hydrogen) atoms. The monoisotopic (exact) mass is 388 g/mol. The van der Waals surface area contributed by atoms with E-state index in [0.29, 0.717) is 18.7 Å². The van der Waals surface area contributed by atoms with Gasteiger partial charge in [-0.25, -0.2) is 4.98 Å². The number of aromatic nitrogens is 1. The predicted molar refractivity (Wildman–Crippen MR) is 106 cm³/mol. The third-order valence-electron chi connectivity index (χ3n) is 5.89. The first-order valence-electron chi connectivity index (χ1n) is 9.22.